The van der Waals surface area contributed by atoms with E-state index in [1.165, 1.54) is 10.9 Å². The lowest BCUT2D eigenvalue weighted by molar-refractivity contribution is 0.306. The van der Waals surface area contributed by atoms with Gasteiger partial charge in [0.05, 0.1) is 39.7 Å². The lowest BCUT2D eigenvalue weighted by Crippen LogP contribution is -2.20. The topological polar surface area (TPSA) is 78.9 Å². The van der Waals surface area contributed by atoms with Gasteiger partial charge in [-0.25, -0.2) is 4.98 Å². The van der Waals surface area contributed by atoms with Crippen molar-refractivity contribution in [1.82, 2.24) is 9.66 Å². The van der Waals surface area contributed by atoms with Crippen molar-refractivity contribution in [3.8, 4) is 23.1 Å². The summed E-state index contributed by atoms with van der Waals surface area (Å²) in [6, 6.07) is 23.4. The van der Waals surface area contributed by atoms with Crippen LogP contribution >= 0.6 is 55.1 Å². The summed E-state index contributed by atoms with van der Waals surface area (Å²) in [6.45, 7) is 0.255. The largest absolute Gasteiger partial charge is 0.496 e. The van der Waals surface area contributed by atoms with E-state index in [1.54, 1.807) is 43.5 Å². The highest BCUT2D eigenvalue weighted by molar-refractivity contribution is 9.11. The van der Waals surface area contributed by atoms with Crippen molar-refractivity contribution in [2.24, 2.45) is 5.10 Å². The van der Waals surface area contributed by atoms with Gasteiger partial charge in [-0.3, -0.25) is 4.79 Å². The lowest BCUT2D eigenvalue weighted by Gasteiger charge is -2.12. The molecule has 0 radical (unpaired) electrons. The first-order chi connectivity index (χ1) is 20.3. The summed E-state index contributed by atoms with van der Waals surface area (Å²) >= 11 is 20.1. The van der Waals surface area contributed by atoms with Crippen LogP contribution in [-0.4, -0.2) is 23.0 Å². The minimum Gasteiger partial charge on any atom is -0.496 e. The number of para-hydroxylation sites is 1. The van der Waals surface area contributed by atoms with Gasteiger partial charge in [-0.2, -0.15) is 9.78 Å². The van der Waals surface area contributed by atoms with Crippen molar-refractivity contribution >= 4 is 83.1 Å². The van der Waals surface area contributed by atoms with E-state index in [1.807, 2.05) is 42.5 Å². The van der Waals surface area contributed by atoms with Gasteiger partial charge in [0.25, 0.3) is 5.56 Å². The number of hydrogen-bond donors (Lipinski definition) is 0. The normalized spacial score (nSPS) is 11.5. The van der Waals surface area contributed by atoms with Crippen molar-refractivity contribution in [3.63, 3.8) is 0 Å². The second-order valence-electron chi connectivity index (χ2n) is 9.13. The molecule has 0 fully saturated rings. The molecule has 0 unspecified atom stereocenters. The monoisotopic (exact) mass is 725 g/mol. The minimum absolute atomic E-state index is 0.227. The van der Waals surface area contributed by atoms with Crippen LogP contribution in [0.15, 0.2) is 102 Å². The summed E-state index contributed by atoms with van der Waals surface area (Å²) < 4.78 is 20.5. The average molecular weight is 728 g/mol. The van der Waals surface area contributed by atoms with Gasteiger partial charge in [0.2, 0.25) is 5.82 Å². The molecule has 0 N–H and O–H groups in total. The molecule has 0 aliphatic carbocycles. The van der Waals surface area contributed by atoms with Crippen LogP contribution in [0, 0.1) is 0 Å². The van der Waals surface area contributed by atoms with Crippen LogP contribution in [-0.2, 0) is 6.61 Å². The van der Waals surface area contributed by atoms with Gasteiger partial charge in [0.1, 0.15) is 17.9 Å². The van der Waals surface area contributed by atoms with Crippen LogP contribution in [0.2, 0.25) is 10.0 Å². The fourth-order valence-electron chi connectivity index (χ4n) is 4.42. The number of aromatic nitrogens is 2. The first kappa shape index (κ1) is 28.5. The summed E-state index contributed by atoms with van der Waals surface area (Å²) in [5.41, 5.74) is 2.22. The molecule has 0 bridgehead atoms. The van der Waals surface area contributed by atoms with Gasteiger partial charge in [-0.05, 0) is 60.2 Å². The fourth-order valence-corrected chi connectivity index (χ4v) is 6.19. The maximum Gasteiger partial charge on any atom is 0.282 e. The zero-order valence-corrected chi connectivity index (χ0v) is 26.5. The Hall–Kier alpha value is -3.63. The third kappa shape index (κ3) is 5.57. The van der Waals surface area contributed by atoms with Crippen molar-refractivity contribution in [2.75, 3.05) is 7.11 Å². The van der Waals surface area contributed by atoms with Crippen LogP contribution in [0.5, 0.6) is 11.5 Å². The van der Waals surface area contributed by atoms with E-state index in [-0.39, 0.29) is 18.0 Å². The first-order valence-electron chi connectivity index (χ1n) is 12.5. The Morgan fingerprint density at radius 2 is 1.76 bits per heavy atom. The maximum absolute atomic E-state index is 13.6. The van der Waals surface area contributed by atoms with Crippen molar-refractivity contribution in [3.05, 3.63) is 119 Å². The molecule has 4 aromatic carbocycles. The molecule has 7 nitrogen and oxygen atoms in total. The Balaban J connectivity index is 1.38. The SMILES string of the molecule is COc1cccc2oc(-c3nc4ccccc4c(=O)n3N=Cc3cc(Cl)c(OCc4ccc(Br)cc4Br)c(Cl)c3)cc12. The van der Waals surface area contributed by atoms with Gasteiger partial charge in [-0.15, -0.1) is 0 Å². The zero-order chi connectivity index (χ0) is 29.4. The summed E-state index contributed by atoms with van der Waals surface area (Å²) in [5.74, 6) is 1.56. The number of fused-ring (bicyclic) bond motifs is 2. The molecule has 11 heteroatoms. The molecule has 0 aliphatic heterocycles. The number of hydrogen-bond acceptors (Lipinski definition) is 6. The van der Waals surface area contributed by atoms with Gasteiger partial charge >= 0.3 is 0 Å². The van der Waals surface area contributed by atoms with Crippen LogP contribution in [0.1, 0.15) is 11.1 Å². The van der Waals surface area contributed by atoms with Gasteiger partial charge < -0.3 is 13.9 Å². The Kier molecular flexibility index (Phi) is 8.09. The maximum atomic E-state index is 13.6. The van der Waals surface area contributed by atoms with E-state index in [9.17, 15) is 4.79 Å². The van der Waals surface area contributed by atoms with Crippen LogP contribution in [0.4, 0.5) is 0 Å². The predicted molar refractivity (Wildman–Crippen MR) is 173 cm³/mol. The Morgan fingerprint density at radius 1 is 0.976 bits per heavy atom. The summed E-state index contributed by atoms with van der Waals surface area (Å²) in [4.78, 5) is 18.3. The standard InChI is InChI=1S/C31H19Br2Cl2N3O4/c1-40-26-7-4-8-27-21(26)14-28(42-27)30-37-25-6-3-2-5-20(25)31(39)38(30)36-15-17-11-23(34)29(24(35)12-17)41-16-18-9-10-19(32)13-22(18)33/h2-15H,16H2,1H3. The number of rotatable bonds is 7. The third-order valence-electron chi connectivity index (χ3n) is 6.45. The molecule has 42 heavy (non-hydrogen) atoms. The molecule has 0 saturated heterocycles. The molecule has 0 atom stereocenters. The molecule has 0 spiro atoms. The van der Waals surface area contributed by atoms with E-state index in [4.69, 9.17) is 42.1 Å². The Labute approximate surface area is 266 Å². The fraction of sp³-hybridized carbons (Fsp3) is 0.0645. The number of halogens is 4. The molecule has 2 aromatic heterocycles. The second-order valence-corrected chi connectivity index (χ2v) is 11.7. The van der Waals surface area contributed by atoms with Crippen LogP contribution in [0.3, 0.4) is 0 Å². The third-order valence-corrected chi connectivity index (χ3v) is 8.24. The zero-order valence-electron chi connectivity index (χ0n) is 21.8. The summed E-state index contributed by atoms with van der Waals surface area (Å²) in [6.07, 6.45) is 1.48. The highest BCUT2D eigenvalue weighted by Crippen LogP contribution is 2.36. The Morgan fingerprint density at radius 3 is 2.52 bits per heavy atom. The highest BCUT2D eigenvalue weighted by Gasteiger charge is 2.18. The number of nitrogens with zero attached hydrogens (tertiary/aromatic N) is 3. The first-order valence-corrected chi connectivity index (χ1v) is 14.9. The second kappa shape index (κ2) is 11.9. The van der Waals surface area contributed by atoms with Gasteiger partial charge in [0, 0.05) is 14.5 Å². The van der Waals surface area contributed by atoms with Crippen LogP contribution < -0.4 is 15.0 Å². The average Bonchev–Trinajstić information content (AvgIpc) is 3.42. The predicted octanol–water partition coefficient (Wildman–Crippen LogP) is 9.11. The molecule has 0 aliphatic rings. The number of benzene rings is 4. The quantitative estimate of drug-likeness (QED) is 0.153. The van der Waals surface area contributed by atoms with E-state index >= 15 is 0 Å². The molecule has 0 saturated carbocycles. The number of ether oxygens (including phenoxy) is 2. The number of methoxy groups -OCH3 is 1. The van der Waals surface area contributed by atoms with E-state index < -0.39 is 0 Å². The van der Waals surface area contributed by atoms with E-state index in [2.05, 4.69) is 37.0 Å². The number of furan rings is 1. The van der Waals surface area contributed by atoms with E-state index in [0.29, 0.717) is 49.4 Å². The Bertz CT molecular complexity index is 2050. The van der Waals surface area contributed by atoms with E-state index in [0.717, 1.165) is 19.9 Å². The lowest BCUT2D eigenvalue weighted by atomic mass is 10.2. The summed E-state index contributed by atoms with van der Waals surface area (Å²) in [7, 11) is 1.59. The molecular formula is C31H19Br2Cl2N3O4. The molecule has 210 valence electrons. The molecule has 0 amide bonds. The minimum atomic E-state index is -0.364. The summed E-state index contributed by atoms with van der Waals surface area (Å²) in [5, 5.41) is 6.25. The molecule has 6 aromatic rings. The molecule has 6 rings (SSSR count). The van der Waals surface area contributed by atoms with Crippen molar-refractivity contribution in [2.45, 2.75) is 6.61 Å². The molecule has 2 heterocycles. The molecular weight excluding hydrogens is 709 g/mol. The van der Waals surface area contributed by atoms with Gasteiger partial charge in [-0.1, -0.05) is 79.3 Å². The van der Waals surface area contributed by atoms with Crippen LogP contribution in [0.25, 0.3) is 33.5 Å². The van der Waals surface area contributed by atoms with Crippen molar-refractivity contribution < 1.29 is 13.9 Å². The van der Waals surface area contributed by atoms with Gasteiger partial charge in [0.15, 0.2) is 11.5 Å². The van der Waals surface area contributed by atoms with Crippen molar-refractivity contribution in [1.29, 1.82) is 0 Å². The highest BCUT2D eigenvalue weighted by atomic mass is 79.9. The smallest absolute Gasteiger partial charge is 0.282 e.